The number of rotatable bonds is 8. The van der Waals surface area contributed by atoms with Crippen molar-refractivity contribution in [3.63, 3.8) is 0 Å². The van der Waals surface area contributed by atoms with Crippen molar-refractivity contribution in [1.82, 2.24) is 0 Å². The van der Waals surface area contributed by atoms with E-state index in [4.69, 9.17) is 4.74 Å². The lowest BCUT2D eigenvalue weighted by atomic mass is 10.3. The molecule has 0 amide bonds. The predicted octanol–water partition coefficient (Wildman–Crippen LogP) is 1.59. The van der Waals surface area contributed by atoms with E-state index in [-0.39, 0.29) is 0 Å². The van der Waals surface area contributed by atoms with Gasteiger partial charge in [-0.2, -0.15) is 4.73 Å². The van der Waals surface area contributed by atoms with E-state index in [0.29, 0.717) is 24.0 Å². The summed E-state index contributed by atoms with van der Waals surface area (Å²) in [4.78, 5) is 0. The van der Waals surface area contributed by atoms with Gasteiger partial charge in [-0.25, -0.2) is 0 Å². The lowest BCUT2D eigenvalue weighted by molar-refractivity contribution is -0.645. The van der Waals surface area contributed by atoms with Gasteiger partial charge >= 0.3 is 0 Å². The van der Waals surface area contributed by atoms with Crippen LogP contribution < -0.4 is 4.73 Å². The molecular weight excluding hydrogens is 238 g/mol. The Kier molecular flexibility index (Phi) is 7.00. The zero-order valence-corrected chi connectivity index (χ0v) is 10.9. The number of hydrogen-bond acceptors (Lipinski definition) is 4. The van der Waals surface area contributed by atoms with E-state index >= 15 is 0 Å². The monoisotopic (exact) mass is 257 g/mol. The lowest BCUT2D eigenvalue weighted by Crippen LogP contribution is -2.28. The van der Waals surface area contributed by atoms with Gasteiger partial charge < -0.3 is 15.1 Å². The quantitative estimate of drug-likeness (QED) is 0.332. The zero-order chi connectivity index (χ0) is 12.5. The summed E-state index contributed by atoms with van der Waals surface area (Å²) in [6.45, 7) is 3.11. The molecule has 0 fully saturated rings. The van der Waals surface area contributed by atoms with E-state index < -0.39 is 6.10 Å². The van der Waals surface area contributed by atoms with Crippen molar-refractivity contribution in [3.05, 3.63) is 29.6 Å². The topological polar surface area (TPSA) is 56.4 Å². The second-order valence-corrected chi connectivity index (χ2v) is 4.80. The predicted molar refractivity (Wildman–Crippen MR) is 67.9 cm³/mol. The molecule has 1 aromatic rings. The third-order valence-corrected chi connectivity index (χ3v) is 3.33. The molecule has 0 spiro atoms. The Morgan fingerprint density at radius 2 is 2.35 bits per heavy atom. The normalized spacial score (nSPS) is 12.6. The average Bonchev–Trinajstić information content (AvgIpc) is 2.34. The number of ether oxygens (including phenoxy) is 1. The van der Waals surface area contributed by atoms with Crippen LogP contribution in [0.2, 0.25) is 0 Å². The summed E-state index contributed by atoms with van der Waals surface area (Å²) in [5, 5.41) is 21.6. The summed E-state index contributed by atoms with van der Waals surface area (Å²) < 4.78 is 6.11. The summed E-state index contributed by atoms with van der Waals surface area (Å²) in [5.74, 6) is 0.471. The van der Waals surface area contributed by atoms with Crippen LogP contribution in [-0.2, 0) is 4.74 Å². The van der Waals surface area contributed by atoms with E-state index in [1.165, 1.54) is 18.0 Å². The van der Waals surface area contributed by atoms with Crippen LogP contribution in [0.25, 0.3) is 0 Å². The number of unbranched alkanes of at least 4 members (excludes halogenated alkanes) is 1. The first-order chi connectivity index (χ1) is 8.24. The highest BCUT2D eigenvalue weighted by atomic mass is 32.2. The summed E-state index contributed by atoms with van der Waals surface area (Å²) >= 11 is 1.34. The van der Waals surface area contributed by atoms with Gasteiger partial charge in [0.25, 0.3) is 5.03 Å². The van der Waals surface area contributed by atoms with Gasteiger partial charge in [0, 0.05) is 24.5 Å². The van der Waals surface area contributed by atoms with Gasteiger partial charge in [-0.3, -0.25) is 0 Å². The van der Waals surface area contributed by atoms with Gasteiger partial charge in [-0.05, 0) is 12.5 Å². The molecule has 0 bridgehead atoms. The second-order valence-electron chi connectivity index (χ2n) is 3.76. The molecule has 0 aliphatic carbocycles. The van der Waals surface area contributed by atoms with Crippen molar-refractivity contribution in [2.45, 2.75) is 30.9 Å². The zero-order valence-electron chi connectivity index (χ0n) is 10.0. The maximum Gasteiger partial charge on any atom is 0.251 e. The van der Waals surface area contributed by atoms with Crippen molar-refractivity contribution in [1.29, 1.82) is 0 Å². The number of hydrogen-bond donors (Lipinski definition) is 1. The Hall–Kier alpha value is -0.780. The third kappa shape index (κ3) is 5.91. The molecule has 1 atom stereocenters. The van der Waals surface area contributed by atoms with Crippen LogP contribution in [-0.4, -0.2) is 30.2 Å². The van der Waals surface area contributed by atoms with Gasteiger partial charge in [0.15, 0.2) is 6.20 Å². The summed E-state index contributed by atoms with van der Waals surface area (Å²) in [5.41, 5.74) is 0. The van der Waals surface area contributed by atoms with Gasteiger partial charge in [-0.15, -0.1) is 0 Å². The number of nitrogens with zero attached hydrogens (tertiary/aromatic N) is 1. The largest absolute Gasteiger partial charge is 0.618 e. The van der Waals surface area contributed by atoms with E-state index in [9.17, 15) is 10.3 Å². The molecule has 1 N–H and O–H groups in total. The molecule has 0 aromatic carbocycles. The van der Waals surface area contributed by atoms with E-state index in [1.807, 2.05) is 0 Å². The molecule has 0 aliphatic rings. The highest BCUT2D eigenvalue weighted by Crippen LogP contribution is 2.13. The Balaban J connectivity index is 2.19. The minimum Gasteiger partial charge on any atom is -0.618 e. The van der Waals surface area contributed by atoms with E-state index in [0.717, 1.165) is 17.6 Å². The Morgan fingerprint density at radius 1 is 1.53 bits per heavy atom. The Labute approximate surface area is 106 Å². The fraction of sp³-hybridized carbons (Fsp3) is 0.583. The minimum atomic E-state index is -0.530. The summed E-state index contributed by atoms with van der Waals surface area (Å²) in [6.07, 6.45) is 3.02. The Bertz CT molecular complexity index is 322. The van der Waals surface area contributed by atoms with E-state index in [2.05, 4.69) is 6.92 Å². The fourth-order valence-electron chi connectivity index (χ4n) is 1.22. The molecule has 1 aromatic heterocycles. The van der Waals surface area contributed by atoms with Crippen molar-refractivity contribution < 1.29 is 14.6 Å². The van der Waals surface area contributed by atoms with Crippen LogP contribution in [0.3, 0.4) is 0 Å². The molecule has 96 valence electrons. The van der Waals surface area contributed by atoms with Crippen LogP contribution in [0.15, 0.2) is 29.4 Å². The van der Waals surface area contributed by atoms with Crippen molar-refractivity contribution in [2.24, 2.45) is 0 Å². The molecule has 4 nitrogen and oxygen atoms in total. The number of aliphatic hydroxyl groups is 1. The van der Waals surface area contributed by atoms with Crippen molar-refractivity contribution >= 4 is 11.8 Å². The number of aromatic nitrogens is 1. The van der Waals surface area contributed by atoms with Gasteiger partial charge in [0.05, 0.1) is 12.7 Å². The second kappa shape index (κ2) is 8.33. The number of aliphatic hydroxyl groups excluding tert-OH is 1. The molecule has 0 radical (unpaired) electrons. The van der Waals surface area contributed by atoms with Gasteiger partial charge in [0.2, 0.25) is 0 Å². The molecule has 5 heteroatoms. The minimum absolute atomic E-state index is 0.332. The maximum atomic E-state index is 11.3. The molecule has 1 unspecified atom stereocenters. The standard InChI is InChI=1S/C12H19NO3S/c1-2-3-8-16-9-11(14)10-17-12-6-4-5-7-13(12)15/h4-7,11,14H,2-3,8-10H2,1H3. The molecule has 0 aliphatic heterocycles. The molecule has 0 saturated heterocycles. The van der Waals surface area contributed by atoms with Crippen LogP contribution in [0.4, 0.5) is 0 Å². The Morgan fingerprint density at radius 3 is 3.06 bits per heavy atom. The van der Waals surface area contributed by atoms with Crippen LogP contribution in [0, 0.1) is 5.21 Å². The highest BCUT2D eigenvalue weighted by Gasteiger charge is 2.09. The number of thioether (sulfide) groups is 1. The number of pyridine rings is 1. The lowest BCUT2D eigenvalue weighted by Gasteiger charge is -2.10. The summed E-state index contributed by atoms with van der Waals surface area (Å²) in [6, 6.07) is 5.23. The summed E-state index contributed by atoms with van der Waals surface area (Å²) in [7, 11) is 0. The van der Waals surface area contributed by atoms with Crippen LogP contribution in [0.5, 0.6) is 0 Å². The fourth-order valence-corrected chi connectivity index (χ4v) is 2.04. The molecule has 17 heavy (non-hydrogen) atoms. The van der Waals surface area contributed by atoms with Crippen molar-refractivity contribution in [3.8, 4) is 0 Å². The SMILES string of the molecule is CCCCOCC(O)CSc1cccc[n+]1[O-]. The van der Waals surface area contributed by atoms with Gasteiger partial charge in [-0.1, -0.05) is 25.1 Å². The maximum absolute atomic E-state index is 11.3. The third-order valence-electron chi connectivity index (χ3n) is 2.16. The average molecular weight is 257 g/mol. The van der Waals surface area contributed by atoms with E-state index in [1.54, 1.807) is 18.2 Å². The van der Waals surface area contributed by atoms with Gasteiger partial charge in [0.1, 0.15) is 0 Å². The molecule has 1 rings (SSSR count). The first-order valence-corrected chi connectivity index (χ1v) is 6.79. The first-order valence-electron chi connectivity index (χ1n) is 5.81. The smallest absolute Gasteiger partial charge is 0.251 e. The van der Waals surface area contributed by atoms with Crippen molar-refractivity contribution in [2.75, 3.05) is 19.0 Å². The molecule has 1 heterocycles. The highest BCUT2D eigenvalue weighted by molar-refractivity contribution is 7.99. The first kappa shape index (κ1) is 14.3. The molecular formula is C12H19NO3S. The molecule has 0 saturated carbocycles. The van der Waals surface area contributed by atoms with Crippen LogP contribution in [0.1, 0.15) is 19.8 Å². The van der Waals surface area contributed by atoms with Crippen LogP contribution >= 0.6 is 11.8 Å².